The highest BCUT2D eigenvalue weighted by atomic mass is 32.3. The standard InChI is InChI=1S/C21H29NO3S3/c1-4-6-16-26(22-28(24,25)21-14-8-18(3)9-15-21)19-10-12-20(13-11-19)27(23)17-7-5-2/h8-15H,4-7,16-17H2,1-3H3. The van der Waals surface area contributed by atoms with E-state index in [1.807, 2.05) is 31.2 Å². The predicted molar refractivity (Wildman–Crippen MR) is 119 cm³/mol. The minimum absolute atomic E-state index is 0.226. The lowest BCUT2D eigenvalue weighted by molar-refractivity contribution is 0.598. The maximum atomic E-state index is 12.8. The Bertz CT molecular complexity index is 918. The van der Waals surface area contributed by atoms with E-state index in [4.69, 9.17) is 0 Å². The number of nitrogens with zero attached hydrogens (tertiary/aromatic N) is 1. The molecule has 4 nitrogen and oxygen atoms in total. The molecule has 0 saturated carbocycles. The van der Waals surface area contributed by atoms with Crippen LogP contribution in [0.25, 0.3) is 0 Å². The molecular formula is C21H29NO3S3. The highest BCUT2D eigenvalue weighted by Gasteiger charge is 2.15. The average Bonchev–Trinajstić information content (AvgIpc) is 2.69. The molecular weight excluding hydrogens is 410 g/mol. The lowest BCUT2D eigenvalue weighted by atomic mass is 10.2. The lowest BCUT2D eigenvalue weighted by Gasteiger charge is -2.10. The molecule has 0 spiro atoms. The summed E-state index contributed by atoms with van der Waals surface area (Å²) in [5.74, 6) is 1.35. The van der Waals surface area contributed by atoms with Crippen molar-refractivity contribution in [3.05, 3.63) is 54.1 Å². The van der Waals surface area contributed by atoms with E-state index in [-0.39, 0.29) is 4.90 Å². The van der Waals surface area contributed by atoms with Gasteiger partial charge in [0, 0.05) is 21.3 Å². The first-order valence-corrected chi connectivity index (χ1v) is 13.7. The van der Waals surface area contributed by atoms with Gasteiger partial charge >= 0.3 is 0 Å². The Morgan fingerprint density at radius 3 is 1.93 bits per heavy atom. The quantitative estimate of drug-likeness (QED) is 0.508. The van der Waals surface area contributed by atoms with E-state index in [1.54, 1.807) is 24.3 Å². The molecule has 0 fully saturated rings. The normalized spacial score (nSPS) is 14.1. The Balaban J connectivity index is 2.33. The highest BCUT2D eigenvalue weighted by molar-refractivity contribution is 8.00. The van der Waals surface area contributed by atoms with Crippen LogP contribution in [0.3, 0.4) is 0 Å². The summed E-state index contributed by atoms with van der Waals surface area (Å²) in [4.78, 5) is 1.89. The Labute approximate surface area is 174 Å². The van der Waals surface area contributed by atoms with Gasteiger partial charge in [0.05, 0.1) is 15.7 Å². The smallest absolute Gasteiger partial charge is 0.254 e. The molecule has 2 aromatic rings. The third-order valence-electron chi connectivity index (χ3n) is 4.24. The van der Waals surface area contributed by atoms with E-state index < -0.39 is 31.5 Å². The van der Waals surface area contributed by atoms with Gasteiger partial charge in [0.15, 0.2) is 0 Å². The summed E-state index contributed by atoms with van der Waals surface area (Å²) < 4.78 is 42.1. The van der Waals surface area contributed by atoms with E-state index in [9.17, 15) is 12.6 Å². The van der Waals surface area contributed by atoms with E-state index in [2.05, 4.69) is 17.6 Å². The van der Waals surface area contributed by atoms with Crippen molar-refractivity contribution < 1.29 is 12.6 Å². The fraction of sp³-hybridized carbons (Fsp3) is 0.429. The Kier molecular flexibility index (Phi) is 9.05. The van der Waals surface area contributed by atoms with Crippen LogP contribution in [0, 0.1) is 6.92 Å². The van der Waals surface area contributed by atoms with E-state index in [1.165, 1.54) is 0 Å². The SMILES string of the molecule is CCCCS(=O)c1ccc(/S(CCCC)=N\S(=O)(=O)c2ccc(C)cc2)cc1. The molecule has 0 amide bonds. The third kappa shape index (κ3) is 6.64. The van der Waals surface area contributed by atoms with Crippen molar-refractivity contribution in [3.8, 4) is 0 Å². The predicted octanol–water partition coefficient (Wildman–Crippen LogP) is 5.25. The first-order chi connectivity index (χ1) is 13.4. The molecule has 0 radical (unpaired) electrons. The van der Waals surface area contributed by atoms with Gasteiger partial charge in [-0.15, -0.1) is 3.77 Å². The Morgan fingerprint density at radius 2 is 1.36 bits per heavy atom. The number of rotatable bonds is 10. The molecule has 7 heteroatoms. The van der Waals surface area contributed by atoms with Gasteiger partial charge in [-0.2, -0.15) is 8.42 Å². The molecule has 0 bridgehead atoms. The van der Waals surface area contributed by atoms with Crippen LogP contribution in [-0.2, 0) is 31.5 Å². The number of aryl methyl sites for hydroxylation is 1. The molecule has 2 unspecified atom stereocenters. The maximum Gasteiger partial charge on any atom is 0.288 e. The second-order valence-corrected chi connectivity index (χ2v) is 11.9. The number of unbranched alkanes of at least 4 members (excludes halogenated alkanes) is 2. The molecule has 28 heavy (non-hydrogen) atoms. The van der Waals surface area contributed by atoms with Crippen LogP contribution in [-0.4, -0.2) is 24.1 Å². The summed E-state index contributed by atoms with van der Waals surface area (Å²) in [6.07, 6.45) is 3.82. The molecule has 0 aliphatic carbocycles. The monoisotopic (exact) mass is 439 g/mol. The van der Waals surface area contributed by atoms with Crippen molar-refractivity contribution >= 4 is 31.5 Å². The summed E-state index contributed by atoms with van der Waals surface area (Å²) >= 11 is 0. The maximum absolute atomic E-state index is 12.8. The summed E-state index contributed by atoms with van der Waals surface area (Å²) in [5, 5.41) is 0. The zero-order valence-corrected chi connectivity index (χ0v) is 19.2. The molecule has 0 aliphatic heterocycles. The van der Waals surface area contributed by atoms with Crippen molar-refractivity contribution in [2.24, 2.45) is 3.77 Å². The summed E-state index contributed by atoms with van der Waals surface area (Å²) in [6.45, 7) is 6.08. The number of sulfonamides is 1. The van der Waals surface area contributed by atoms with Crippen molar-refractivity contribution in [1.82, 2.24) is 0 Å². The first kappa shape index (κ1) is 23.0. The molecule has 0 aromatic heterocycles. The minimum Gasteiger partial charge on any atom is -0.254 e. The van der Waals surface area contributed by atoms with Crippen LogP contribution >= 0.6 is 0 Å². The summed E-state index contributed by atoms with van der Waals surface area (Å²) in [7, 11) is -5.47. The fourth-order valence-electron chi connectivity index (χ4n) is 2.49. The van der Waals surface area contributed by atoms with Crippen LogP contribution in [0.1, 0.15) is 45.1 Å². The van der Waals surface area contributed by atoms with Crippen LogP contribution < -0.4 is 0 Å². The Morgan fingerprint density at radius 1 is 0.821 bits per heavy atom. The van der Waals surface area contributed by atoms with Crippen LogP contribution in [0.4, 0.5) is 0 Å². The number of hydrogen-bond acceptors (Lipinski definition) is 3. The van der Waals surface area contributed by atoms with Crippen molar-refractivity contribution in [1.29, 1.82) is 0 Å². The third-order valence-corrected chi connectivity index (χ3v) is 9.56. The van der Waals surface area contributed by atoms with E-state index in [0.29, 0.717) is 11.5 Å². The van der Waals surface area contributed by atoms with Gasteiger partial charge in [-0.25, -0.2) is 0 Å². The number of benzene rings is 2. The lowest BCUT2D eigenvalue weighted by Crippen LogP contribution is -2.05. The molecule has 154 valence electrons. The zero-order valence-electron chi connectivity index (χ0n) is 16.8. The average molecular weight is 440 g/mol. The molecule has 0 saturated heterocycles. The topological polar surface area (TPSA) is 63.6 Å². The molecule has 2 aromatic carbocycles. The molecule has 0 N–H and O–H groups in total. The van der Waals surface area contributed by atoms with Gasteiger partial charge < -0.3 is 0 Å². The van der Waals surface area contributed by atoms with Crippen molar-refractivity contribution in [2.75, 3.05) is 11.5 Å². The zero-order chi connectivity index (χ0) is 20.6. The molecule has 0 aliphatic rings. The molecule has 2 rings (SSSR count). The van der Waals surface area contributed by atoms with Gasteiger partial charge in [0.25, 0.3) is 10.0 Å². The van der Waals surface area contributed by atoms with Crippen LogP contribution in [0.5, 0.6) is 0 Å². The number of hydrogen-bond donors (Lipinski definition) is 0. The second-order valence-electron chi connectivity index (χ2n) is 6.66. The summed E-state index contributed by atoms with van der Waals surface area (Å²) in [5.41, 5.74) is 1.01. The van der Waals surface area contributed by atoms with Gasteiger partial charge in [-0.05, 0) is 56.2 Å². The molecule has 2 atom stereocenters. The van der Waals surface area contributed by atoms with E-state index in [0.717, 1.165) is 41.0 Å². The first-order valence-electron chi connectivity index (χ1n) is 9.61. The van der Waals surface area contributed by atoms with Gasteiger partial charge in [0.2, 0.25) is 0 Å². The minimum atomic E-state index is -3.72. The van der Waals surface area contributed by atoms with Crippen molar-refractivity contribution in [2.45, 2.75) is 61.1 Å². The van der Waals surface area contributed by atoms with Crippen LogP contribution in [0.2, 0.25) is 0 Å². The second kappa shape index (κ2) is 11.0. The largest absolute Gasteiger partial charge is 0.288 e. The van der Waals surface area contributed by atoms with Crippen LogP contribution in [0.15, 0.2) is 67.0 Å². The van der Waals surface area contributed by atoms with Crippen molar-refractivity contribution in [3.63, 3.8) is 0 Å². The Hall–Kier alpha value is -1.31. The van der Waals surface area contributed by atoms with E-state index >= 15 is 0 Å². The van der Waals surface area contributed by atoms with Gasteiger partial charge in [-0.3, -0.25) is 4.21 Å². The van der Waals surface area contributed by atoms with Gasteiger partial charge in [-0.1, -0.05) is 55.1 Å². The summed E-state index contributed by atoms with van der Waals surface area (Å²) in [6, 6.07) is 14.2. The fourth-order valence-corrected chi connectivity index (χ4v) is 7.38. The molecule has 0 heterocycles. The van der Waals surface area contributed by atoms with Gasteiger partial charge in [0.1, 0.15) is 0 Å². The highest BCUT2D eigenvalue weighted by Crippen LogP contribution is 2.20.